The molecule has 0 radical (unpaired) electrons. The highest BCUT2D eigenvalue weighted by Gasteiger charge is 2.32. The number of rotatable bonds is 4. The third kappa shape index (κ3) is 4.76. The maximum Gasteiger partial charge on any atom is 0.224 e. The topological polar surface area (TPSA) is 90.5 Å². The third-order valence-electron chi connectivity index (χ3n) is 4.85. The molecule has 2 aliphatic heterocycles. The molecule has 2 fully saturated rings. The van der Waals surface area contributed by atoms with Gasteiger partial charge in [0.1, 0.15) is 0 Å². The molecule has 10 heteroatoms. The van der Waals surface area contributed by atoms with Crippen LogP contribution in [-0.4, -0.2) is 44.1 Å². The van der Waals surface area contributed by atoms with Crippen molar-refractivity contribution in [1.82, 2.24) is 20.5 Å². The molecular formula is C16H22BrClN4O3S. The second kappa shape index (κ2) is 8.12. The molecule has 2 aliphatic rings. The van der Waals surface area contributed by atoms with Crippen LogP contribution in [0.3, 0.4) is 0 Å². The quantitative estimate of drug-likeness (QED) is 0.630. The van der Waals surface area contributed by atoms with Crippen LogP contribution < -0.4 is 16.2 Å². The number of halogens is 2. The SMILES string of the molecule is CS(=O)(=O)N1CCC(C(=O)NC2CC(c3cc(Br)ccc3Cl)NN2)CC1. The lowest BCUT2D eigenvalue weighted by atomic mass is 9.97. The van der Waals surface area contributed by atoms with Crippen LogP contribution in [0.4, 0.5) is 0 Å². The number of carbonyl (C=O) groups excluding carboxylic acids is 1. The fraction of sp³-hybridized carbons (Fsp3) is 0.562. The van der Waals surface area contributed by atoms with E-state index >= 15 is 0 Å². The molecule has 0 bridgehead atoms. The summed E-state index contributed by atoms with van der Waals surface area (Å²) in [6.07, 6.45) is 2.76. The highest BCUT2D eigenvalue weighted by Crippen LogP contribution is 2.30. The number of carbonyl (C=O) groups is 1. The van der Waals surface area contributed by atoms with Crippen LogP contribution in [0.25, 0.3) is 0 Å². The molecule has 3 N–H and O–H groups in total. The van der Waals surface area contributed by atoms with Crippen molar-refractivity contribution < 1.29 is 13.2 Å². The Labute approximate surface area is 167 Å². The van der Waals surface area contributed by atoms with Crippen molar-refractivity contribution in [3.05, 3.63) is 33.3 Å². The first-order valence-corrected chi connectivity index (χ1v) is 11.5. The fourth-order valence-electron chi connectivity index (χ4n) is 3.38. The Morgan fingerprint density at radius 3 is 2.65 bits per heavy atom. The molecule has 0 aliphatic carbocycles. The van der Waals surface area contributed by atoms with E-state index in [1.807, 2.05) is 18.2 Å². The smallest absolute Gasteiger partial charge is 0.224 e. The summed E-state index contributed by atoms with van der Waals surface area (Å²) in [5.41, 5.74) is 7.23. The van der Waals surface area contributed by atoms with Crippen LogP contribution in [0.15, 0.2) is 22.7 Å². The van der Waals surface area contributed by atoms with Gasteiger partial charge >= 0.3 is 0 Å². The Bertz CT molecular complexity index is 784. The van der Waals surface area contributed by atoms with Gasteiger partial charge in [0.25, 0.3) is 0 Å². The van der Waals surface area contributed by atoms with Crippen molar-refractivity contribution in [2.75, 3.05) is 19.3 Å². The zero-order chi connectivity index (χ0) is 18.9. The molecule has 1 aromatic carbocycles. The van der Waals surface area contributed by atoms with E-state index in [1.165, 1.54) is 10.6 Å². The summed E-state index contributed by atoms with van der Waals surface area (Å²) in [5, 5.41) is 3.67. The highest BCUT2D eigenvalue weighted by molar-refractivity contribution is 9.10. The number of nitrogens with zero attached hydrogens (tertiary/aromatic N) is 1. The van der Waals surface area contributed by atoms with Crippen molar-refractivity contribution in [2.45, 2.75) is 31.5 Å². The van der Waals surface area contributed by atoms with E-state index in [-0.39, 0.29) is 24.0 Å². The second-order valence-corrected chi connectivity index (χ2v) is 10.0. The van der Waals surface area contributed by atoms with Gasteiger partial charge in [-0.2, -0.15) is 0 Å². The van der Waals surface area contributed by atoms with E-state index in [0.29, 0.717) is 37.4 Å². The monoisotopic (exact) mass is 464 g/mol. The van der Waals surface area contributed by atoms with E-state index in [2.05, 4.69) is 32.1 Å². The molecule has 3 rings (SSSR count). The van der Waals surface area contributed by atoms with Gasteiger partial charge in [-0.25, -0.2) is 23.6 Å². The van der Waals surface area contributed by atoms with E-state index in [1.54, 1.807) is 0 Å². The van der Waals surface area contributed by atoms with Crippen LogP contribution >= 0.6 is 27.5 Å². The summed E-state index contributed by atoms with van der Waals surface area (Å²) in [5.74, 6) is -0.207. The lowest BCUT2D eigenvalue weighted by Crippen LogP contribution is -2.48. The van der Waals surface area contributed by atoms with Gasteiger partial charge < -0.3 is 5.32 Å². The lowest BCUT2D eigenvalue weighted by molar-refractivity contribution is -0.127. The van der Waals surface area contributed by atoms with Gasteiger partial charge in [0, 0.05) is 34.9 Å². The number of hydrogen-bond donors (Lipinski definition) is 3. The van der Waals surface area contributed by atoms with Gasteiger partial charge in [-0.1, -0.05) is 27.5 Å². The molecule has 7 nitrogen and oxygen atoms in total. The minimum atomic E-state index is -3.18. The first-order chi connectivity index (χ1) is 12.2. The number of benzene rings is 1. The molecule has 2 atom stereocenters. The van der Waals surface area contributed by atoms with Crippen LogP contribution in [0, 0.1) is 5.92 Å². The Hall–Kier alpha value is -0.710. The van der Waals surface area contributed by atoms with Crippen LogP contribution in [0.1, 0.15) is 30.9 Å². The van der Waals surface area contributed by atoms with Crippen LogP contribution in [0.2, 0.25) is 5.02 Å². The molecule has 0 aromatic heterocycles. The zero-order valence-corrected chi connectivity index (χ0v) is 17.5. The molecule has 2 heterocycles. The van der Waals surface area contributed by atoms with E-state index in [9.17, 15) is 13.2 Å². The summed E-state index contributed by atoms with van der Waals surface area (Å²) in [6, 6.07) is 5.69. The number of hydrazine groups is 1. The van der Waals surface area contributed by atoms with Crippen LogP contribution in [0.5, 0.6) is 0 Å². The Morgan fingerprint density at radius 2 is 2.00 bits per heavy atom. The van der Waals surface area contributed by atoms with E-state index in [4.69, 9.17) is 11.6 Å². The first kappa shape index (κ1) is 20.0. The van der Waals surface area contributed by atoms with Gasteiger partial charge in [0.2, 0.25) is 15.9 Å². The summed E-state index contributed by atoms with van der Waals surface area (Å²) < 4.78 is 25.5. The predicted octanol–water partition coefficient (Wildman–Crippen LogP) is 1.76. The van der Waals surface area contributed by atoms with Gasteiger partial charge in [0.05, 0.1) is 18.5 Å². The van der Waals surface area contributed by atoms with Crippen molar-refractivity contribution in [3.63, 3.8) is 0 Å². The zero-order valence-electron chi connectivity index (χ0n) is 14.3. The van der Waals surface area contributed by atoms with Gasteiger partial charge in [0.15, 0.2) is 0 Å². The molecule has 2 unspecified atom stereocenters. The molecule has 0 spiro atoms. The van der Waals surface area contributed by atoms with Gasteiger partial charge in [-0.15, -0.1) is 0 Å². The van der Waals surface area contributed by atoms with E-state index < -0.39 is 10.0 Å². The minimum Gasteiger partial charge on any atom is -0.339 e. The Balaban J connectivity index is 1.53. The van der Waals surface area contributed by atoms with Crippen molar-refractivity contribution in [2.24, 2.45) is 5.92 Å². The number of sulfonamides is 1. The number of nitrogens with one attached hydrogen (secondary N) is 3. The van der Waals surface area contributed by atoms with Crippen molar-refractivity contribution in [3.8, 4) is 0 Å². The molecule has 144 valence electrons. The molecule has 0 saturated carbocycles. The number of amides is 1. The molecular weight excluding hydrogens is 444 g/mol. The first-order valence-electron chi connectivity index (χ1n) is 8.45. The minimum absolute atomic E-state index is 0.00242. The average molecular weight is 466 g/mol. The fourth-order valence-corrected chi connectivity index (χ4v) is 4.88. The Kier molecular flexibility index (Phi) is 6.25. The number of piperidine rings is 1. The van der Waals surface area contributed by atoms with Crippen LogP contribution in [-0.2, 0) is 14.8 Å². The predicted molar refractivity (Wildman–Crippen MR) is 104 cm³/mol. The maximum absolute atomic E-state index is 12.5. The summed E-state index contributed by atoms with van der Waals surface area (Å²) in [6.45, 7) is 0.785. The van der Waals surface area contributed by atoms with Gasteiger partial charge in [-0.3, -0.25) is 4.79 Å². The third-order valence-corrected chi connectivity index (χ3v) is 6.99. The van der Waals surface area contributed by atoms with Gasteiger partial charge in [-0.05, 0) is 36.6 Å². The maximum atomic E-state index is 12.5. The molecule has 26 heavy (non-hydrogen) atoms. The molecule has 1 amide bonds. The molecule has 1 aromatic rings. The second-order valence-electron chi connectivity index (χ2n) is 6.74. The largest absolute Gasteiger partial charge is 0.339 e. The van der Waals surface area contributed by atoms with E-state index in [0.717, 1.165) is 10.0 Å². The van der Waals surface area contributed by atoms with Crippen molar-refractivity contribution in [1.29, 1.82) is 0 Å². The standard InChI is InChI=1S/C16H22BrClN4O3S/c1-26(24,25)22-6-4-10(5-7-22)16(23)19-15-9-14(20-21-15)12-8-11(17)2-3-13(12)18/h2-3,8,10,14-15,20-21H,4-7,9H2,1H3,(H,19,23). The average Bonchev–Trinajstić information content (AvgIpc) is 3.04. The van der Waals surface area contributed by atoms with Crippen molar-refractivity contribution >= 4 is 43.5 Å². The summed E-state index contributed by atoms with van der Waals surface area (Å²) in [7, 11) is -3.18. The highest BCUT2D eigenvalue weighted by atomic mass is 79.9. The summed E-state index contributed by atoms with van der Waals surface area (Å²) in [4.78, 5) is 12.5. The number of hydrogen-bond acceptors (Lipinski definition) is 5. The normalized spacial score (nSPS) is 25.3. The molecule has 2 saturated heterocycles. The lowest BCUT2D eigenvalue weighted by Gasteiger charge is -2.30. The Morgan fingerprint density at radius 1 is 1.31 bits per heavy atom. The summed E-state index contributed by atoms with van der Waals surface area (Å²) >= 11 is 9.72.